The van der Waals surface area contributed by atoms with E-state index in [9.17, 15) is 4.79 Å². The molecule has 0 fully saturated rings. The Labute approximate surface area is 66.7 Å². The number of esters is 1. The molecule has 2 nitrogen and oxygen atoms in total. The van der Waals surface area contributed by atoms with Gasteiger partial charge in [-0.05, 0) is 20.6 Å². The summed E-state index contributed by atoms with van der Waals surface area (Å²) in [6.07, 6.45) is 0. The fourth-order valence-corrected chi connectivity index (χ4v) is 0.139. The standard InChI is InChI=1S/C6H12O2/c1-5(7)8-6(2,3)4/h1-4H3/i1D3,2D3,3D3,4D3. The quantitative estimate of drug-likeness (QED) is 0.460. The van der Waals surface area contributed by atoms with E-state index in [2.05, 4.69) is 4.74 Å². The predicted octanol–water partition coefficient (Wildman–Crippen LogP) is 1.35. The lowest BCUT2D eigenvalue weighted by Gasteiger charge is -2.17. The Balaban J connectivity index is 6.15. The maximum atomic E-state index is 11.3. The molecule has 0 unspecified atom stereocenters. The Kier molecular flexibility index (Phi) is 0.247. The lowest BCUT2D eigenvalue weighted by atomic mass is 10.2. The fourth-order valence-electron chi connectivity index (χ4n) is 0.139. The van der Waals surface area contributed by atoms with Crippen molar-refractivity contribution >= 4 is 5.97 Å². The highest BCUT2D eigenvalue weighted by Gasteiger charge is 2.11. The first-order valence-corrected chi connectivity index (χ1v) is 1.61. The van der Waals surface area contributed by atoms with Crippen LogP contribution in [-0.4, -0.2) is 11.6 Å². The average Bonchev–Trinajstić information content (AvgIpc) is 2.04. The largest absolute Gasteiger partial charge is 0.460 e. The highest BCUT2D eigenvalue weighted by molar-refractivity contribution is 5.66. The molecule has 0 aliphatic heterocycles. The molecule has 0 aromatic heterocycles. The van der Waals surface area contributed by atoms with Crippen LogP contribution in [0.4, 0.5) is 0 Å². The molecule has 0 heterocycles. The van der Waals surface area contributed by atoms with Crippen LogP contribution >= 0.6 is 0 Å². The van der Waals surface area contributed by atoms with Crippen LogP contribution < -0.4 is 0 Å². The topological polar surface area (TPSA) is 26.3 Å². The Morgan fingerprint density at radius 1 is 1.62 bits per heavy atom. The second-order valence-electron chi connectivity index (χ2n) is 1.07. The highest BCUT2D eigenvalue weighted by Crippen LogP contribution is 2.05. The number of carbonyl (C=O) groups is 1. The molecular weight excluding hydrogens is 104 g/mol. The van der Waals surface area contributed by atoms with E-state index >= 15 is 0 Å². The molecule has 0 bridgehead atoms. The molecule has 0 aliphatic carbocycles. The second-order valence-corrected chi connectivity index (χ2v) is 1.07. The minimum absolute atomic E-state index is 2.21. The summed E-state index contributed by atoms with van der Waals surface area (Å²) in [5.74, 6) is -2.21. The number of ether oxygens (including phenoxy) is 1. The number of carbonyl (C=O) groups excluding carboxylic acids is 1. The molecule has 0 aliphatic rings. The van der Waals surface area contributed by atoms with Crippen molar-refractivity contribution in [2.24, 2.45) is 0 Å². The van der Waals surface area contributed by atoms with Gasteiger partial charge in [0.15, 0.2) is 0 Å². The molecule has 48 valence electrons. The molecule has 0 amide bonds. The third-order valence-corrected chi connectivity index (χ3v) is 0.246. The van der Waals surface area contributed by atoms with Gasteiger partial charge >= 0.3 is 5.97 Å². The normalized spacial score (nSPS) is 39.5. The van der Waals surface area contributed by atoms with Crippen LogP contribution in [0.5, 0.6) is 0 Å². The molecule has 0 rings (SSSR count). The molecule has 0 radical (unpaired) electrons. The monoisotopic (exact) mass is 128 g/mol. The first-order valence-electron chi connectivity index (χ1n) is 7.61. The van der Waals surface area contributed by atoms with Gasteiger partial charge in [-0.15, -0.1) is 0 Å². The summed E-state index contributed by atoms with van der Waals surface area (Å²) in [7, 11) is 0. The first-order chi connectivity index (χ1) is 8.38. The molecule has 0 saturated heterocycles. The van der Waals surface area contributed by atoms with E-state index < -0.39 is 39.0 Å². The van der Waals surface area contributed by atoms with Gasteiger partial charge in [0.2, 0.25) is 0 Å². The molecule has 2 heteroatoms. The number of hydrogen-bond donors (Lipinski definition) is 0. The van der Waals surface area contributed by atoms with Crippen molar-refractivity contribution in [1.82, 2.24) is 0 Å². The van der Waals surface area contributed by atoms with Crippen LogP contribution in [0, 0.1) is 0 Å². The van der Waals surface area contributed by atoms with Gasteiger partial charge < -0.3 is 4.74 Å². The smallest absolute Gasteiger partial charge is 0.303 e. The summed E-state index contributed by atoms with van der Waals surface area (Å²) in [6.45, 7) is -14.9. The van der Waals surface area contributed by atoms with E-state index in [4.69, 9.17) is 16.4 Å². The van der Waals surface area contributed by atoms with Gasteiger partial charge in [-0.25, -0.2) is 0 Å². The van der Waals surface area contributed by atoms with E-state index in [-0.39, 0.29) is 0 Å². The van der Waals surface area contributed by atoms with Crippen molar-refractivity contribution in [2.45, 2.75) is 33.0 Å². The summed E-state index contributed by atoms with van der Waals surface area (Å²) >= 11 is 0. The SMILES string of the molecule is [2H]C([2H])([2H])C(=O)OC(C([2H])([2H])[2H])(C([2H])([2H])[2H])C([2H])([2H])[2H]. The molecular formula is C6H12O2. The molecule has 8 heavy (non-hydrogen) atoms. The van der Waals surface area contributed by atoms with Crippen molar-refractivity contribution in [3.63, 3.8) is 0 Å². The lowest BCUT2D eigenvalue weighted by Crippen LogP contribution is -2.21. The molecule has 0 saturated carbocycles. The minimum Gasteiger partial charge on any atom is -0.460 e. The van der Waals surface area contributed by atoms with Crippen LogP contribution in [0.3, 0.4) is 0 Å². The van der Waals surface area contributed by atoms with Crippen molar-refractivity contribution in [1.29, 1.82) is 0 Å². The van der Waals surface area contributed by atoms with E-state index in [0.29, 0.717) is 0 Å². The maximum absolute atomic E-state index is 11.3. The molecule has 0 aromatic rings. The van der Waals surface area contributed by atoms with E-state index in [1.807, 2.05) is 0 Å². The third kappa shape index (κ3) is 5.47. The van der Waals surface area contributed by atoms with Crippen LogP contribution in [0.2, 0.25) is 0 Å². The third-order valence-electron chi connectivity index (χ3n) is 0.246. The Morgan fingerprint density at radius 2 is 2.25 bits per heavy atom. The zero-order valence-electron chi connectivity index (χ0n) is 15.8. The van der Waals surface area contributed by atoms with Gasteiger partial charge in [0.05, 0.1) is 0 Å². The average molecular weight is 128 g/mol. The van der Waals surface area contributed by atoms with Gasteiger partial charge in [-0.2, -0.15) is 0 Å². The van der Waals surface area contributed by atoms with Crippen molar-refractivity contribution in [2.75, 3.05) is 0 Å². The van der Waals surface area contributed by atoms with Crippen LogP contribution in [0.25, 0.3) is 0 Å². The van der Waals surface area contributed by atoms with Crippen molar-refractivity contribution in [3.8, 4) is 0 Å². The van der Waals surface area contributed by atoms with Crippen LogP contribution in [-0.2, 0) is 9.53 Å². The molecule has 0 spiro atoms. The molecule has 0 aromatic carbocycles. The lowest BCUT2D eigenvalue weighted by molar-refractivity contribution is -0.151. The maximum Gasteiger partial charge on any atom is 0.303 e. The summed E-state index contributed by atoms with van der Waals surface area (Å²) in [4.78, 5) is 11.3. The van der Waals surface area contributed by atoms with Gasteiger partial charge in [0.25, 0.3) is 0 Å². The van der Waals surface area contributed by atoms with Gasteiger partial charge in [-0.3, -0.25) is 4.79 Å². The Hall–Kier alpha value is -0.530. The predicted molar refractivity (Wildman–Crippen MR) is 31.5 cm³/mol. The van der Waals surface area contributed by atoms with Crippen LogP contribution in [0.15, 0.2) is 0 Å². The minimum atomic E-state index is -3.92. The summed E-state index contributed by atoms with van der Waals surface area (Å²) in [5.41, 5.74) is -3.92. The summed E-state index contributed by atoms with van der Waals surface area (Å²) in [5, 5.41) is 0. The second kappa shape index (κ2) is 2.16. The zero-order valence-corrected chi connectivity index (χ0v) is 3.82. The van der Waals surface area contributed by atoms with Crippen molar-refractivity contribution in [3.05, 3.63) is 0 Å². The van der Waals surface area contributed by atoms with Crippen LogP contribution in [0.1, 0.15) is 43.9 Å². The highest BCUT2D eigenvalue weighted by atomic mass is 16.6. The Morgan fingerprint density at radius 3 is 2.62 bits per heavy atom. The molecule has 0 atom stereocenters. The molecule has 0 N–H and O–H groups in total. The van der Waals surface area contributed by atoms with E-state index in [1.165, 1.54) is 0 Å². The fraction of sp³-hybridized carbons (Fsp3) is 0.833. The zero-order chi connectivity index (χ0) is 16.8. The first kappa shape index (κ1) is 0.917. The van der Waals surface area contributed by atoms with E-state index in [0.717, 1.165) is 0 Å². The van der Waals surface area contributed by atoms with Crippen molar-refractivity contribution < 1.29 is 26.0 Å². The van der Waals surface area contributed by atoms with E-state index in [1.54, 1.807) is 0 Å². The Bertz CT molecular complexity index is 331. The summed E-state index contributed by atoms with van der Waals surface area (Å²) in [6, 6.07) is 0. The van der Waals surface area contributed by atoms with Gasteiger partial charge in [0.1, 0.15) is 5.60 Å². The summed E-state index contributed by atoms with van der Waals surface area (Å²) < 4.78 is 88.1. The van der Waals surface area contributed by atoms with Gasteiger partial charge in [-0.1, -0.05) is 0 Å². The number of rotatable bonds is 0. The van der Waals surface area contributed by atoms with Gasteiger partial charge in [0, 0.05) is 23.3 Å². The number of hydrogen-bond acceptors (Lipinski definition) is 2.